The fourth-order valence-electron chi connectivity index (χ4n) is 4.92. The smallest absolute Gasteiger partial charge is 0.410 e. The van der Waals surface area contributed by atoms with Gasteiger partial charge in [-0.25, -0.2) is 4.79 Å². The average Bonchev–Trinajstić information content (AvgIpc) is 3.03. The predicted molar refractivity (Wildman–Crippen MR) is 113 cm³/mol. The largest absolute Gasteiger partial charge is 0.442 e. The van der Waals surface area contributed by atoms with Gasteiger partial charge in [-0.15, -0.1) is 0 Å². The molecule has 0 aromatic heterocycles. The van der Waals surface area contributed by atoms with Gasteiger partial charge in [-0.1, -0.05) is 47.1 Å². The highest BCUT2D eigenvalue weighted by Crippen LogP contribution is 2.35. The van der Waals surface area contributed by atoms with Crippen molar-refractivity contribution in [3.05, 3.63) is 69.2 Å². The molecule has 0 N–H and O–H groups in total. The van der Waals surface area contributed by atoms with E-state index < -0.39 is 0 Å². The second kappa shape index (κ2) is 7.17. The summed E-state index contributed by atoms with van der Waals surface area (Å²) in [5.41, 5.74) is 4.32. The van der Waals surface area contributed by atoms with Crippen LogP contribution in [0.3, 0.4) is 0 Å². The molecule has 1 saturated heterocycles. The number of fused-ring (bicyclic) bond motifs is 3. The van der Waals surface area contributed by atoms with E-state index >= 15 is 0 Å². The first-order valence-corrected chi connectivity index (χ1v) is 11.0. The van der Waals surface area contributed by atoms with E-state index in [4.69, 9.17) is 4.74 Å². The van der Waals surface area contributed by atoms with Gasteiger partial charge in [0, 0.05) is 29.0 Å². The molecule has 0 bridgehead atoms. The van der Waals surface area contributed by atoms with Gasteiger partial charge in [0.15, 0.2) is 0 Å². The van der Waals surface area contributed by atoms with Gasteiger partial charge in [-0.05, 0) is 47.7 Å². The summed E-state index contributed by atoms with van der Waals surface area (Å²) in [5, 5.41) is 0. The zero-order valence-corrected chi connectivity index (χ0v) is 17.9. The van der Waals surface area contributed by atoms with Crippen LogP contribution >= 0.6 is 15.9 Å². The lowest BCUT2D eigenvalue weighted by Gasteiger charge is -2.37. The molecule has 5 rings (SSSR count). The lowest BCUT2D eigenvalue weighted by Crippen LogP contribution is -2.49. The van der Waals surface area contributed by atoms with Gasteiger partial charge in [0.25, 0.3) is 5.91 Å². The van der Waals surface area contributed by atoms with Crippen LogP contribution in [0.1, 0.15) is 46.3 Å². The summed E-state index contributed by atoms with van der Waals surface area (Å²) < 4.78 is 6.75. The Labute approximate surface area is 178 Å². The van der Waals surface area contributed by atoms with Crippen molar-refractivity contribution >= 4 is 27.9 Å². The van der Waals surface area contributed by atoms with Crippen LogP contribution in [0, 0.1) is 0 Å². The molecule has 2 amide bonds. The van der Waals surface area contributed by atoms with Crippen molar-refractivity contribution in [3.63, 3.8) is 0 Å². The Balaban J connectivity index is 1.40. The minimum atomic E-state index is -0.297. The van der Waals surface area contributed by atoms with Gasteiger partial charge >= 0.3 is 6.09 Å². The Morgan fingerprint density at radius 3 is 2.72 bits per heavy atom. The van der Waals surface area contributed by atoms with Gasteiger partial charge in [0.05, 0.1) is 12.6 Å². The maximum Gasteiger partial charge on any atom is 0.410 e. The van der Waals surface area contributed by atoms with Crippen molar-refractivity contribution in [2.45, 2.75) is 44.4 Å². The summed E-state index contributed by atoms with van der Waals surface area (Å²) in [4.78, 5) is 29.4. The first-order valence-electron chi connectivity index (χ1n) is 10.2. The second-order valence-electron chi connectivity index (χ2n) is 8.14. The number of rotatable bonds is 3. The van der Waals surface area contributed by atoms with Gasteiger partial charge in [0.1, 0.15) is 6.10 Å². The van der Waals surface area contributed by atoms with Crippen LogP contribution < -0.4 is 0 Å². The summed E-state index contributed by atoms with van der Waals surface area (Å²) >= 11 is 3.52. The van der Waals surface area contributed by atoms with E-state index in [-0.39, 0.29) is 24.1 Å². The molecule has 3 heterocycles. The summed E-state index contributed by atoms with van der Waals surface area (Å²) in [6.07, 6.45) is 1.17. The second-order valence-corrected chi connectivity index (χ2v) is 9.05. The van der Waals surface area contributed by atoms with E-state index in [9.17, 15) is 9.59 Å². The minimum absolute atomic E-state index is 0.0170. The monoisotopic (exact) mass is 454 g/mol. The molecular weight excluding hydrogens is 432 g/mol. The third-order valence-corrected chi connectivity index (χ3v) is 7.00. The molecule has 2 aromatic rings. The fraction of sp³-hybridized carbons (Fsp3) is 0.391. The van der Waals surface area contributed by atoms with Crippen molar-refractivity contribution in [2.75, 3.05) is 13.1 Å². The van der Waals surface area contributed by atoms with Crippen LogP contribution in [0.4, 0.5) is 4.79 Å². The van der Waals surface area contributed by atoms with E-state index in [0.717, 1.165) is 28.4 Å². The van der Waals surface area contributed by atoms with Crippen LogP contribution in [-0.4, -0.2) is 47.0 Å². The Morgan fingerprint density at radius 2 is 1.93 bits per heavy atom. The third-order valence-electron chi connectivity index (χ3n) is 6.51. The van der Waals surface area contributed by atoms with Crippen molar-refractivity contribution in [2.24, 2.45) is 0 Å². The van der Waals surface area contributed by atoms with Crippen molar-refractivity contribution in [1.29, 1.82) is 0 Å². The number of cyclic esters (lactones) is 1. The molecule has 0 radical (unpaired) electrons. The first kappa shape index (κ1) is 18.7. The van der Waals surface area contributed by atoms with Crippen molar-refractivity contribution < 1.29 is 14.3 Å². The number of benzene rings is 2. The molecule has 2 aromatic carbocycles. The number of hydrogen-bond acceptors (Lipinski definition) is 3. The maximum atomic E-state index is 13.2. The van der Waals surface area contributed by atoms with Gasteiger partial charge in [-0.2, -0.15) is 0 Å². The van der Waals surface area contributed by atoms with Gasteiger partial charge < -0.3 is 9.64 Å². The number of carbonyl (C=O) groups is 2. The number of nitrogens with zero attached hydrogens (tertiary/aromatic N) is 2. The van der Waals surface area contributed by atoms with E-state index in [2.05, 4.69) is 41.1 Å². The third kappa shape index (κ3) is 3.14. The van der Waals surface area contributed by atoms with Crippen molar-refractivity contribution in [3.8, 4) is 0 Å². The molecule has 5 nitrogen and oxygen atoms in total. The molecule has 3 atom stereocenters. The number of amides is 2. The summed E-state index contributed by atoms with van der Waals surface area (Å²) in [6, 6.07) is 14.1. The summed E-state index contributed by atoms with van der Waals surface area (Å²) in [7, 11) is 0. The van der Waals surface area contributed by atoms with E-state index in [1.165, 1.54) is 11.1 Å². The lowest BCUT2D eigenvalue weighted by atomic mass is 9.87. The topological polar surface area (TPSA) is 49.9 Å². The first-order chi connectivity index (χ1) is 14.0. The van der Waals surface area contributed by atoms with E-state index in [1.54, 1.807) is 0 Å². The number of hydrogen-bond donors (Lipinski definition) is 0. The maximum absolute atomic E-state index is 13.2. The SMILES string of the molecule is CCC1CN(CC2OC(=O)N3Cc4ccccc4C[C@@H]23)C(=O)c2ccc(Br)cc21. The highest BCUT2D eigenvalue weighted by Gasteiger charge is 2.46. The molecule has 3 aliphatic rings. The van der Waals surface area contributed by atoms with Crippen LogP contribution in [-0.2, 0) is 17.7 Å². The normalized spacial score (nSPS) is 25.4. The molecule has 150 valence electrons. The fourth-order valence-corrected chi connectivity index (χ4v) is 5.30. The predicted octanol–water partition coefficient (Wildman–Crippen LogP) is 4.34. The average molecular weight is 455 g/mol. The Bertz CT molecular complexity index is 992. The molecule has 1 fully saturated rings. The Hall–Kier alpha value is -2.34. The Morgan fingerprint density at radius 1 is 1.14 bits per heavy atom. The molecule has 29 heavy (non-hydrogen) atoms. The van der Waals surface area contributed by atoms with Crippen molar-refractivity contribution in [1.82, 2.24) is 9.80 Å². The molecular formula is C23H23BrN2O3. The van der Waals surface area contributed by atoms with Crippen LogP contribution in [0.2, 0.25) is 0 Å². The molecule has 6 heteroatoms. The Kier molecular flexibility index (Phi) is 4.62. The highest BCUT2D eigenvalue weighted by molar-refractivity contribution is 9.10. The zero-order valence-electron chi connectivity index (χ0n) is 16.3. The zero-order chi connectivity index (χ0) is 20.1. The minimum Gasteiger partial charge on any atom is -0.442 e. The molecule has 0 aliphatic carbocycles. The molecule has 0 saturated carbocycles. The van der Waals surface area contributed by atoms with Crippen LogP contribution in [0.5, 0.6) is 0 Å². The quantitative estimate of drug-likeness (QED) is 0.692. The molecule has 3 aliphatic heterocycles. The van der Waals surface area contributed by atoms with Gasteiger partial charge in [0.2, 0.25) is 0 Å². The van der Waals surface area contributed by atoms with E-state index in [0.29, 0.717) is 25.6 Å². The lowest BCUT2D eigenvalue weighted by molar-refractivity contribution is 0.0560. The molecule has 0 spiro atoms. The van der Waals surface area contributed by atoms with E-state index in [1.807, 2.05) is 34.1 Å². The number of carbonyl (C=O) groups excluding carboxylic acids is 2. The number of halogens is 1. The van der Waals surface area contributed by atoms with Gasteiger partial charge in [-0.3, -0.25) is 9.69 Å². The summed E-state index contributed by atoms with van der Waals surface area (Å²) in [5.74, 6) is 0.323. The number of ether oxygens (including phenoxy) is 1. The molecule has 2 unspecified atom stereocenters. The summed E-state index contributed by atoms with van der Waals surface area (Å²) in [6.45, 7) is 3.84. The van der Waals surface area contributed by atoms with Crippen LogP contribution in [0.15, 0.2) is 46.9 Å². The highest BCUT2D eigenvalue weighted by atomic mass is 79.9. The van der Waals surface area contributed by atoms with Crippen LogP contribution in [0.25, 0.3) is 0 Å². The standard InChI is InChI=1S/C23H23BrN2O3/c1-2-14-11-25(22(27)18-8-7-17(24)10-19(14)18)13-21-20-9-15-5-3-4-6-16(15)12-26(20)23(28)29-21/h3-8,10,14,20-21H,2,9,11-13H2,1H3/t14?,20-,21?/m0/s1.